The number of carbonyl (C=O) groups is 2. The topological polar surface area (TPSA) is 66.8 Å². The van der Waals surface area contributed by atoms with Crippen molar-refractivity contribution in [1.82, 2.24) is 4.90 Å². The summed E-state index contributed by atoms with van der Waals surface area (Å²) in [5, 5.41) is 8.93. The predicted molar refractivity (Wildman–Crippen MR) is 65.1 cm³/mol. The maximum Gasteiger partial charge on any atom is 0.334 e. The van der Waals surface area contributed by atoms with Crippen LogP contribution in [-0.2, 0) is 14.3 Å². The molecule has 1 heterocycles. The predicted octanol–water partition coefficient (Wildman–Crippen LogP) is 1.27. The number of carboxylic acids is 1. The number of hydrogen-bond acceptors (Lipinski definition) is 3. The second kappa shape index (κ2) is 6.18. The van der Waals surface area contributed by atoms with Gasteiger partial charge in [-0.3, -0.25) is 4.79 Å². The summed E-state index contributed by atoms with van der Waals surface area (Å²) in [6.45, 7) is 1.05. The zero-order chi connectivity index (χ0) is 13.0. The van der Waals surface area contributed by atoms with Crippen molar-refractivity contribution >= 4 is 11.9 Å². The van der Waals surface area contributed by atoms with E-state index in [1.807, 2.05) is 0 Å². The van der Waals surface area contributed by atoms with E-state index in [4.69, 9.17) is 9.84 Å². The van der Waals surface area contributed by atoms with Crippen molar-refractivity contribution in [2.75, 3.05) is 19.7 Å². The molecule has 1 saturated carbocycles. The molecule has 0 aromatic carbocycles. The Morgan fingerprint density at radius 3 is 2.39 bits per heavy atom. The van der Waals surface area contributed by atoms with Gasteiger partial charge in [0.15, 0.2) is 6.10 Å². The van der Waals surface area contributed by atoms with Crippen molar-refractivity contribution < 1.29 is 19.4 Å². The van der Waals surface area contributed by atoms with E-state index >= 15 is 0 Å². The summed E-state index contributed by atoms with van der Waals surface area (Å²) in [5.41, 5.74) is 0. The van der Waals surface area contributed by atoms with E-state index in [1.165, 1.54) is 12.8 Å². The molecule has 18 heavy (non-hydrogen) atoms. The normalized spacial score (nSPS) is 26.7. The van der Waals surface area contributed by atoms with Gasteiger partial charge in [-0.1, -0.05) is 25.7 Å². The SMILES string of the molecule is O=C(O)C1CN(C(=O)C2CCCCCC2)CCO1. The van der Waals surface area contributed by atoms with Crippen LogP contribution in [0.4, 0.5) is 0 Å². The zero-order valence-corrected chi connectivity index (χ0v) is 10.6. The molecular formula is C13H21NO4. The summed E-state index contributed by atoms with van der Waals surface area (Å²) >= 11 is 0. The van der Waals surface area contributed by atoms with Gasteiger partial charge < -0.3 is 14.7 Å². The van der Waals surface area contributed by atoms with Gasteiger partial charge in [0.25, 0.3) is 0 Å². The van der Waals surface area contributed by atoms with Gasteiger partial charge in [-0.2, -0.15) is 0 Å². The van der Waals surface area contributed by atoms with Gasteiger partial charge in [0.05, 0.1) is 13.2 Å². The average molecular weight is 255 g/mol. The molecule has 5 nitrogen and oxygen atoms in total. The van der Waals surface area contributed by atoms with Crippen LogP contribution >= 0.6 is 0 Å². The quantitative estimate of drug-likeness (QED) is 0.755. The summed E-state index contributed by atoms with van der Waals surface area (Å²) < 4.78 is 5.14. The summed E-state index contributed by atoms with van der Waals surface area (Å²) in [6, 6.07) is 0. The van der Waals surface area contributed by atoms with E-state index in [1.54, 1.807) is 4.90 Å². The molecule has 1 saturated heterocycles. The van der Waals surface area contributed by atoms with Gasteiger partial charge in [-0.15, -0.1) is 0 Å². The smallest absolute Gasteiger partial charge is 0.334 e. The van der Waals surface area contributed by atoms with Crippen molar-refractivity contribution in [2.24, 2.45) is 5.92 Å². The van der Waals surface area contributed by atoms with E-state index in [0.29, 0.717) is 13.2 Å². The molecule has 2 aliphatic rings. The lowest BCUT2D eigenvalue weighted by molar-refractivity contribution is -0.160. The molecule has 0 aromatic rings. The molecule has 1 atom stereocenters. The van der Waals surface area contributed by atoms with Crippen LogP contribution in [0.2, 0.25) is 0 Å². The molecule has 0 aromatic heterocycles. The zero-order valence-electron chi connectivity index (χ0n) is 10.6. The molecule has 0 bridgehead atoms. The maximum atomic E-state index is 12.4. The maximum absolute atomic E-state index is 12.4. The highest BCUT2D eigenvalue weighted by molar-refractivity contribution is 5.80. The summed E-state index contributed by atoms with van der Waals surface area (Å²) in [7, 11) is 0. The lowest BCUT2D eigenvalue weighted by Crippen LogP contribution is -2.50. The highest BCUT2D eigenvalue weighted by Gasteiger charge is 2.32. The van der Waals surface area contributed by atoms with E-state index < -0.39 is 12.1 Å². The summed E-state index contributed by atoms with van der Waals surface area (Å²) in [5.74, 6) is -0.750. The van der Waals surface area contributed by atoms with E-state index in [0.717, 1.165) is 25.7 Å². The molecule has 1 amide bonds. The van der Waals surface area contributed by atoms with Crippen molar-refractivity contribution in [3.63, 3.8) is 0 Å². The number of ether oxygens (including phenoxy) is 1. The molecular weight excluding hydrogens is 234 g/mol. The molecule has 0 radical (unpaired) electrons. The van der Waals surface area contributed by atoms with Crippen molar-refractivity contribution in [2.45, 2.75) is 44.6 Å². The minimum Gasteiger partial charge on any atom is -0.479 e. The molecule has 1 unspecified atom stereocenters. The summed E-state index contributed by atoms with van der Waals surface area (Å²) in [4.78, 5) is 24.9. The Bertz CT molecular complexity index is 310. The van der Waals surface area contributed by atoms with Gasteiger partial charge in [-0.25, -0.2) is 4.79 Å². The average Bonchev–Trinajstić information content (AvgIpc) is 2.67. The third-order valence-corrected chi connectivity index (χ3v) is 3.86. The molecule has 1 aliphatic carbocycles. The lowest BCUT2D eigenvalue weighted by atomic mass is 9.98. The molecule has 1 aliphatic heterocycles. The second-order valence-corrected chi connectivity index (χ2v) is 5.17. The van der Waals surface area contributed by atoms with Gasteiger partial charge in [0.1, 0.15) is 0 Å². The highest BCUT2D eigenvalue weighted by atomic mass is 16.5. The van der Waals surface area contributed by atoms with Gasteiger partial charge in [0, 0.05) is 12.5 Å². The van der Waals surface area contributed by atoms with E-state index in [-0.39, 0.29) is 18.4 Å². The number of carboxylic acid groups (broad SMARTS) is 1. The van der Waals surface area contributed by atoms with Crippen LogP contribution < -0.4 is 0 Å². The number of hydrogen-bond donors (Lipinski definition) is 1. The number of amides is 1. The van der Waals surface area contributed by atoms with Crippen molar-refractivity contribution in [3.8, 4) is 0 Å². The van der Waals surface area contributed by atoms with Crippen LogP contribution in [0.5, 0.6) is 0 Å². The fraction of sp³-hybridized carbons (Fsp3) is 0.846. The Morgan fingerprint density at radius 1 is 1.11 bits per heavy atom. The fourth-order valence-electron chi connectivity index (χ4n) is 2.78. The van der Waals surface area contributed by atoms with Crippen LogP contribution in [0.15, 0.2) is 0 Å². The minimum atomic E-state index is -0.978. The van der Waals surface area contributed by atoms with Crippen LogP contribution in [0.3, 0.4) is 0 Å². The van der Waals surface area contributed by atoms with Gasteiger partial charge >= 0.3 is 5.97 Å². The Kier molecular flexibility index (Phi) is 4.58. The molecule has 2 fully saturated rings. The van der Waals surface area contributed by atoms with Crippen molar-refractivity contribution in [3.05, 3.63) is 0 Å². The Labute approximate surface area is 107 Å². The first-order valence-electron chi connectivity index (χ1n) is 6.81. The minimum absolute atomic E-state index is 0.0973. The van der Waals surface area contributed by atoms with Gasteiger partial charge in [0.2, 0.25) is 5.91 Å². The van der Waals surface area contributed by atoms with E-state index in [9.17, 15) is 9.59 Å². The highest BCUT2D eigenvalue weighted by Crippen LogP contribution is 2.25. The van der Waals surface area contributed by atoms with Crippen molar-refractivity contribution in [1.29, 1.82) is 0 Å². The van der Waals surface area contributed by atoms with Gasteiger partial charge in [-0.05, 0) is 12.8 Å². The van der Waals surface area contributed by atoms with Crippen LogP contribution in [0.25, 0.3) is 0 Å². The third kappa shape index (κ3) is 3.22. The van der Waals surface area contributed by atoms with E-state index in [2.05, 4.69) is 0 Å². The summed E-state index contributed by atoms with van der Waals surface area (Å²) in [6.07, 6.45) is 5.71. The second-order valence-electron chi connectivity index (χ2n) is 5.17. The Hall–Kier alpha value is -1.10. The van der Waals surface area contributed by atoms with Crippen LogP contribution in [0, 0.1) is 5.92 Å². The first-order chi connectivity index (χ1) is 8.68. The molecule has 1 N–H and O–H groups in total. The molecule has 2 rings (SSSR count). The monoisotopic (exact) mass is 255 g/mol. The number of nitrogens with zero attached hydrogens (tertiary/aromatic N) is 1. The van der Waals surface area contributed by atoms with Crippen LogP contribution in [-0.4, -0.2) is 47.7 Å². The Balaban J connectivity index is 1.92. The molecule has 5 heteroatoms. The first-order valence-corrected chi connectivity index (χ1v) is 6.81. The number of carbonyl (C=O) groups excluding carboxylic acids is 1. The lowest BCUT2D eigenvalue weighted by Gasteiger charge is -2.33. The third-order valence-electron chi connectivity index (χ3n) is 3.86. The largest absolute Gasteiger partial charge is 0.479 e. The fourth-order valence-corrected chi connectivity index (χ4v) is 2.78. The molecule has 102 valence electrons. The molecule has 0 spiro atoms. The Morgan fingerprint density at radius 2 is 1.78 bits per heavy atom. The number of aliphatic carboxylic acids is 1. The number of rotatable bonds is 2. The first kappa shape index (κ1) is 13.3. The number of morpholine rings is 1. The van der Waals surface area contributed by atoms with Crippen LogP contribution in [0.1, 0.15) is 38.5 Å². The standard InChI is InChI=1S/C13H21NO4/c15-12(10-5-3-1-2-4-6-10)14-7-8-18-11(9-14)13(16)17/h10-11H,1-9H2,(H,16,17).